The van der Waals surface area contributed by atoms with E-state index in [0.717, 1.165) is 11.3 Å². The van der Waals surface area contributed by atoms with E-state index < -0.39 is 0 Å². The Balaban J connectivity index is 1.76. The fourth-order valence-corrected chi connectivity index (χ4v) is 2.33. The summed E-state index contributed by atoms with van der Waals surface area (Å²) in [5.74, 6) is 0.468. The Labute approximate surface area is 134 Å². The van der Waals surface area contributed by atoms with E-state index >= 15 is 0 Å². The Morgan fingerprint density at radius 2 is 2.00 bits per heavy atom. The van der Waals surface area contributed by atoms with Gasteiger partial charge in [0.15, 0.2) is 0 Å². The molecule has 0 radical (unpaired) electrons. The van der Waals surface area contributed by atoms with E-state index in [9.17, 15) is 0 Å². The van der Waals surface area contributed by atoms with Gasteiger partial charge in [-0.3, -0.25) is 4.68 Å². The first kappa shape index (κ1) is 14.7. The van der Waals surface area contributed by atoms with Gasteiger partial charge in [0.2, 0.25) is 5.95 Å². The fourth-order valence-electron chi connectivity index (χ4n) is 2.33. The minimum atomic E-state index is 0.366. The Morgan fingerprint density at radius 3 is 2.74 bits per heavy atom. The van der Waals surface area contributed by atoms with Gasteiger partial charge in [-0.25, -0.2) is 9.97 Å². The lowest BCUT2D eigenvalue weighted by Gasteiger charge is -2.11. The monoisotopic (exact) mass is 304 g/mol. The first-order valence-electron chi connectivity index (χ1n) is 7.28. The number of hydrogen-bond donors (Lipinski definition) is 1. The molecule has 1 N–H and O–H groups in total. The van der Waals surface area contributed by atoms with Crippen molar-refractivity contribution in [2.45, 2.75) is 20.0 Å². The molecule has 3 rings (SSSR count). The summed E-state index contributed by atoms with van der Waals surface area (Å²) in [6, 6.07) is 13.8. The van der Waals surface area contributed by atoms with Crippen molar-refractivity contribution >= 4 is 5.95 Å². The zero-order valence-electron chi connectivity index (χ0n) is 12.8. The fraction of sp³-hybridized carbons (Fsp3) is 0.176. The predicted molar refractivity (Wildman–Crippen MR) is 86.6 cm³/mol. The number of aromatic nitrogens is 4. The van der Waals surface area contributed by atoms with Crippen LogP contribution in [0, 0.1) is 18.3 Å². The second-order valence-electron chi connectivity index (χ2n) is 5.16. The minimum Gasteiger partial charge on any atom is -0.350 e. The molecule has 23 heavy (non-hydrogen) atoms. The number of nitrogens with one attached hydrogen (secondary N) is 1. The maximum atomic E-state index is 8.98. The number of aryl methyl sites for hydroxylation is 1. The smallest absolute Gasteiger partial charge is 0.224 e. The average Bonchev–Trinajstić information content (AvgIpc) is 3.06. The lowest BCUT2D eigenvalue weighted by molar-refractivity contribution is 0.682. The van der Waals surface area contributed by atoms with Gasteiger partial charge in [0.25, 0.3) is 0 Å². The molecule has 2 heterocycles. The summed E-state index contributed by atoms with van der Waals surface area (Å²) in [6.07, 6.45) is 3.71. The maximum absolute atomic E-state index is 8.98. The molecular formula is C17H16N6. The van der Waals surface area contributed by atoms with Crippen LogP contribution in [0.25, 0.3) is 0 Å². The average molecular weight is 304 g/mol. The van der Waals surface area contributed by atoms with Crippen LogP contribution in [0.4, 0.5) is 5.95 Å². The SMILES string of the molecule is Cc1cc(C#N)nc(NCc2ccccc2Cn2cccn2)n1. The first-order chi connectivity index (χ1) is 11.2. The number of rotatable bonds is 5. The van der Waals surface area contributed by atoms with Crippen LogP contribution in [0.15, 0.2) is 48.8 Å². The molecule has 0 saturated heterocycles. The lowest BCUT2D eigenvalue weighted by atomic mass is 10.1. The number of nitrogens with zero attached hydrogens (tertiary/aromatic N) is 5. The molecule has 0 bridgehead atoms. The van der Waals surface area contributed by atoms with Crippen LogP contribution < -0.4 is 5.32 Å². The normalized spacial score (nSPS) is 10.3. The van der Waals surface area contributed by atoms with E-state index in [1.165, 1.54) is 5.56 Å². The molecule has 2 aromatic heterocycles. The van der Waals surface area contributed by atoms with Crippen molar-refractivity contribution in [3.63, 3.8) is 0 Å². The van der Waals surface area contributed by atoms with E-state index in [2.05, 4.69) is 32.5 Å². The van der Waals surface area contributed by atoms with Crippen LogP contribution in [0.5, 0.6) is 0 Å². The molecule has 0 atom stereocenters. The summed E-state index contributed by atoms with van der Waals surface area (Å²) in [7, 11) is 0. The predicted octanol–water partition coefficient (Wildman–Crippen LogP) is 2.51. The molecule has 1 aromatic carbocycles. The van der Waals surface area contributed by atoms with E-state index in [1.54, 1.807) is 12.3 Å². The molecule has 0 spiro atoms. The highest BCUT2D eigenvalue weighted by atomic mass is 15.3. The summed E-state index contributed by atoms with van der Waals surface area (Å²) in [4.78, 5) is 8.48. The van der Waals surface area contributed by atoms with Crippen molar-refractivity contribution in [1.29, 1.82) is 5.26 Å². The van der Waals surface area contributed by atoms with Crippen molar-refractivity contribution in [1.82, 2.24) is 19.7 Å². The van der Waals surface area contributed by atoms with Gasteiger partial charge in [-0.15, -0.1) is 0 Å². The van der Waals surface area contributed by atoms with E-state index in [1.807, 2.05) is 42.1 Å². The van der Waals surface area contributed by atoms with E-state index in [-0.39, 0.29) is 0 Å². The second-order valence-corrected chi connectivity index (χ2v) is 5.16. The molecular weight excluding hydrogens is 288 g/mol. The van der Waals surface area contributed by atoms with Crippen LogP contribution in [0.3, 0.4) is 0 Å². The molecule has 6 nitrogen and oxygen atoms in total. The number of hydrogen-bond acceptors (Lipinski definition) is 5. The lowest BCUT2D eigenvalue weighted by Crippen LogP contribution is -2.09. The van der Waals surface area contributed by atoms with Crippen molar-refractivity contribution in [3.8, 4) is 6.07 Å². The molecule has 0 amide bonds. The highest BCUT2D eigenvalue weighted by Crippen LogP contribution is 2.13. The third-order valence-corrected chi connectivity index (χ3v) is 3.42. The topological polar surface area (TPSA) is 79.4 Å². The molecule has 0 aliphatic rings. The number of nitriles is 1. The Morgan fingerprint density at radius 1 is 1.17 bits per heavy atom. The Bertz CT molecular complexity index is 833. The molecule has 0 aliphatic carbocycles. The van der Waals surface area contributed by atoms with E-state index in [4.69, 9.17) is 5.26 Å². The largest absolute Gasteiger partial charge is 0.350 e. The van der Waals surface area contributed by atoms with Crippen molar-refractivity contribution in [3.05, 3.63) is 71.3 Å². The number of anilines is 1. The summed E-state index contributed by atoms with van der Waals surface area (Å²) in [5.41, 5.74) is 3.46. The first-order valence-corrected chi connectivity index (χ1v) is 7.28. The van der Waals surface area contributed by atoms with Gasteiger partial charge >= 0.3 is 0 Å². The van der Waals surface area contributed by atoms with Crippen LogP contribution >= 0.6 is 0 Å². The molecule has 3 aromatic rings. The van der Waals surface area contributed by atoms with Gasteiger partial charge in [-0.05, 0) is 30.2 Å². The standard InChI is InChI=1S/C17H16N6/c1-13-9-16(10-18)22-17(21-13)19-11-14-5-2-3-6-15(14)12-23-8-4-7-20-23/h2-9H,11-12H2,1H3,(H,19,21,22). The van der Waals surface area contributed by atoms with Gasteiger partial charge in [-0.2, -0.15) is 10.4 Å². The van der Waals surface area contributed by atoms with Crippen LogP contribution in [-0.2, 0) is 13.1 Å². The highest BCUT2D eigenvalue weighted by molar-refractivity contribution is 5.36. The van der Waals surface area contributed by atoms with Gasteiger partial charge in [0.1, 0.15) is 11.8 Å². The van der Waals surface area contributed by atoms with Gasteiger partial charge in [0, 0.05) is 24.6 Å². The van der Waals surface area contributed by atoms with Crippen molar-refractivity contribution in [2.24, 2.45) is 0 Å². The summed E-state index contributed by atoms with van der Waals surface area (Å²) < 4.78 is 1.88. The Hall–Kier alpha value is -3.20. The molecule has 0 saturated carbocycles. The second kappa shape index (κ2) is 6.71. The van der Waals surface area contributed by atoms with Crippen LogP contribution in [0.1, 0.15) is 22.5 Å². The van der Waals surface area contributed by atoms with Crippen LogP contribution in [-0.4, -0.2) is 19.7 Å². The molecule has 6 heteroatoms. The van der Waals surface area contributed by atoms with Gasteiger partial charge in [-0.1, -0.05) is 24.3 Å². The summed E-state index contributed by atoms with van der Waals surface area (Å²) >= 11 is 0. The minimum absolute atomic E-state index is 0.366. The molecule has 114 valence electrons. The summed E-state index contributed by atoms with van der Waals surface area (Å²) in [5, 5.41) is 16.4. The van der Waals surface area contributed by atoms with Gasteiger partial charge < -0.3 is 5.32 Å². The van der Waals surface area contributed by atoms with Crippen molar-refractivity contribution in [2.75, 3.05) is 5.32 Å². The molecule has 0 unspecified atom stereocenters. The zero-order valence-corrected chi connectivity index (χ0v) is 12.8. The molecule has 0 fully saturated rings. The highest BCUT2D eigenvalue weighted by Gasteiger charge is 2.05. The Kier molecular flexibility index (Phi) is 4.29. The number of benzene rings is 1. The third kappa shape index (κ3) is 3.71. The van der Waals surface area contributed by atoms with E-state index in [0.29, 0.717) is 24.7 Å². The molecule has 0 aliphatic heterocycles. The zero-order chi connectivity index (χ0) is 16.1. The third-order valence-electron chi connectivity index (χ3n) is 3.42. The quantitative estimate of drug-likeness (QED) is 0.783. The van der Waals surface area contributed by atoms with Crippen LogP contribution in [0.2, 0.25) is 0 Å². The van der Waals surface area contributed by atoms with Gasteiger partial charge in [0.05, 0.1) is 6.54 Å². The summed E-state index contributed by atoms with van der Waals surface area (Å²) in [6.45, 7) is 3.15. The maximum Gasteiger partial charge on any atom is 0.224 e. The van der Waals surface area contributed by atoms with Crippen molar-refractivity contribution < 1.29 is 0 Å².